The number of hydrogen-bond donors (Lipinski definition) is 1. The Kier molecular flexibility index (Phi) is 5.65. The summed E-state index contributed by atoms with van der Waals surface area (Å²) in [5, 5.41) is 3.10. The maximum Gasteiger partial charge on any atom is 0.267 e. The second-order valence-corrected chi connectivity index (χ2v) is 9.12. The zero-order chi connectivity index (χ0) is 21.1. The Morgan fingerprint density at radius 3 is 2.43 bits per heavy atom. The maximum atomic E-state index is 13.2. The lowest BCUT2D eigenvalue weighted by Crippen LogP contribution is -2.49. The van der Waals surface area contributed by atoms with Crippen LogP contribution in [0.3, 0.4) is 0 Å². The van der Waals surface area contributed by atoms with Crippen LogP contribution in [0.5, 0.6) is 5.75 Å². The monoisotopic (exact) mass is 442 g/mol. The van der Waals surface area contributed by atoms with Crippen LogP contribution in [0.25, 0.3) is 0 Å². The van der Waals surface area contributed by atoms with Crippen molar-refractivity contribution in [1.29, 1.82) is 0 Å². The van der Waals surface area contributed by atoms with Gasteiger partial charge in [0.2, 0.25) is 10.0 Å². The lowest BCUT2D eigenvalue weighted by Gasteiger charge is -2.34. The molecule has 1 N–H and O–H groups in total. The van der Waals surface area contributed by atoms with E-state index in [-0.39, 0.29) is 12.3 Å². The summed E-state index contributed by atoms with van der Waals surface area (Å²) in [6, 6.07) is 22.5. The molecule has 1 heterocycles. The quantitative estimate of drug-likeness (QED) is 0.646. The molecule has 0 unspecified atom stereocenters. The minimum Gasteiger partial charge on any atom is -0.476 e. The predicted molar refractivity (Wildman–Crippen MR) is 117 cm³/mol. The van der Waals surface area contributed by atoms with Crippen molar-refractivity contribution in [3.05, 3.63) is 89.4 Å². The molecule has 0 aliphatic carbocycles. The number of carbonyl (C=O) groups excluding carboxylic acids is 1. The Balaban J connectivity index is 1.62. The standard InChI is InChI=1S/C22H19ClN2O4S/c23-17-10-4-5-11-18(17)24-22(26)21-14-25(19-12-6-7-13-20(19)29-21)30(27,28)15-16-8-2-1-3-9-16/h1-13,21H,14-15H2,(H,24,26)/t21-/m0/s1. The minimum absolute atomic E-state index is 0.136. The van der Waals surface area contributed by atoms with Gasteiger partial charge < -0.3 is 10.1 Å². The highest BCUT2D eigenvalue weighted by atomic mass is 35.5. The van der Waals surface area contributed by atoms with Crippen LogP contribution >= 0.6 is 11.6 Å². The summed E-state index contributed by atoms with van der Waals surface area (Å²) in [7, 11) is -3.75. The van der Waals surface area contributed by atoms with Crippen LogP contribution in [0, 0.1) is 0 Å². The lowest BCUT2D eigenvalue weighted by molar-refractivity contribution is -0.122. The van der Waals surface area contributed by atoms with Gasteiger partial charge in [-0.15, -0.1) is 0 Å². The molecule has 8 heteroatoms. The first-order valence-electron chi connectivity index (χ1n) is 9.29. The van der Waals surface area contributed by atoms with E-state index < -0.39 is 22.0 Å². The molecule has 1 aliphatic heterocycles. The molecule has 1 atom stereocenters. The topological polar surface area (TPSA) is 75.7 Å². The van der Waals surface area contributed by atoms with E-state index in [4.69, 9.17) is 16.3 Å². The molecule has 0 bridgehead atoms. The molecule has 30 heavy (non-hydrogen) atoms. The second kappa shape index (κ2) is 8.38. The predicted octanol–water partition coefficient (Wildman–Crippen LogP) is 4.08. The van der Waals surface area contributed by atoms with Gasteiger partial charge in [-0.2, -0.15) is 0 Å². The number of carbonyl (C=O) groups is 1. The Morgan fingerprint density at radius 2 is 1.67 bits per heavy atom. The molecule has 0 aromatic heterocycles. The zero-order valence-corrected chi connectivity index (χ0v) is 17.4. The van der Waals surface area contributed by atoms with E-state index in [2.05, 4.69) is 5.32 Å². The van der Waals surface area contributed by atoms with Gasteiger partial charge in [-0.25, -0.2) is 8.42 Å². The molecule has 0 radical (unpaired) electrons. The van der Waals surface area contributed by atoms with Gasteiger partial charge in [-0.05, 0) is 29.8 Å². The van der Waals surface area contributed by atoms with Gasteiger partial charge in [-0.3, -0.25) is 9.10 Å². The number of rotatable bonds is 5. The number of sulfonamides is 1. The zero-order valence-electron chi connectivity index (χ0n) is 15.9. The van der Waals surface area contributed by atoms with Crippen molar-refractivity contribution in [2.45, 2.75) is 11.9 Å². The van der Waals surface area contributed by atoms with Crippen molar-refractivity contribution >= 4 is 38.9 Å². The number of halogens is 1. The van der Waals surface area contributed by atoms with Gasteiger partial charge in [0.1, 0.15) is 5.75 Å². The third-order valence-electron chi connectivity index (χ3n) is 4.69. The number of benzene rings is 3. The van der Waals surface area contributed by atoms with Crippen LogP contribution in [-0.2, 0) is 20.6 Å². The molecular weight excluding hydrogens is 424 g/mol. The molecule has 154 valence electrons. The fourth-order valence-electron chi connectivity index (χ4n) is 3.24. The SMILES string of the molecule is O=C(Nc1ccccc1Cl)[C@@H]1CN(S(=O)(=O)Cc2ccccc2)c2ccccc2O1. The molecule has 3 aromatic rings. The largest absolute Gasteiger partial charge is 0.476 e. The van der Waals surface area contributed by atoms with Crippen LogP contribution in [0.15, 0.2) is 78.9 Å². The van der Waals surface area contributed by atoms with E-state index in [1.54, 1.807) is 72.8 Å². The molecule has 4 rings (SSSR count). The molecule has 0 saturated heterocycles. The summed E-state index contributed by atoms with van der Waals surface area (Å²) in [6.45, 7) is -0.136. The highest BCUT2D eigenvalue weighted by Gasteiger charge is 2.36. The highest BCUT2D eigenvalue weighted by molar-refractivity contribution is 7.92. The van der Waals surface area contributed by atoms with E-state index in [0.717, 1.165) is 0 Å². The highest BCUT2D eigenvalue weighted by Crippen LogP contribution is 2.36. The average Bonchev–Trinajstić information content (AvgIpc) is 2.75. The molecule has 1 amide bonds. The number of amides is 1. The van der Waals surface area contributed by atoms with Crippen molar-refractivity contribution in [1.82, 2.24) is 0 Å². The Morgan fingerprint density at radius 1 is 1.00 bits per heavy atom. The molecule has 0 fully saturated rings. The third kappa shape index (κ3) is 4.27. The fraction of sp³-hybridized carbons (Fsp3) is 0.136. The summed E-state index contributed by atoms with van der Waals surface area (Å²) in [5.74, 6) is -0.321. The number of nitrogens with zero attached hydrogens (tertiary/aromatic N) is 1. The first kappa shape index (κ1) is 20.3. The smallest absolute Gasteiger partial charge is 0.267 e. The molecule has 0 spiro atoms. The van der Waals surface area contributed by atoms with E-state index in [1.807, 2.05) is 6.07 Å². The molecule has 0 saturated carbocycles. The van der Waals surface area contributed by atoms with Crippen molar-refractivity contribution < 1.29 is 17.9 Å². The Hall–Kier alpha value is -3.03. The second-order valence-electron chi connectivity index (χ2n) is 6.82. The van der Waals surface area contributed by atoms with Gasteiger partial charge >= 0.3 is 0 Å². The fourth-order valence-corrected chi connectivity index (χ4v) is 5.01. The molecule has 3 aromatic carbocycles. The van der Waals surface area contributed by atoms with E-state index in [1.165, 1.54) is 4.31 Å². The summed E-state index contributed by atoms with van der Waals surface area (Å²) in [4.78, 5) is 12.8. The Labute approximate surface area is 180 Å². The average molecular weight is 443 g/mol. The van der Waals surface area contributed by atoms with Gasteiger partial charge in [0.05, 0.1) is 28.7 Å². The number of hydrogen-bond acceptors (Lipinski definition) is 4. The van der Waals surface area contributed by atoms with Crippen molar-refractivity contribution in [2.24, 2.45) is 0 Å². The van der Waals surface area contributed by atoms with E-state index in [9.17, 15) is 13.2 Å². The minimum atomic E-state index is -3.75. The van der Waals surface area contributed by atoms with E-state index >= 15 is 0 Å². The van der Waals surface area contributed by atoms with Crippen molar-refractivity contribution in [3.63, 3.8) is 0 Å². The molecular formula is C22H19ClN2O4S. The van der Waals surface area contributed by atoms with E-state index in [0.29, 0.717) is 27.7 Å². The first-order valence-corrected chi connectivity index (χ1v) is 11.3. The van der Waals surface area contributed by atoms with Crippen LogP contribution in [0.4, 0.5) is 11.4 Å². The number of para-hydroxylation sites is 3. The van der Waals surface area contributed by atoms with Crippen LogP contribution in [0.1, 0.15) is 5.56 Å². The number of nitrogens with one attached hydrogen (secondary N) is 1. The summed E-state index contributed by atoms with van der Waals surface area (Å²) < 4.78 is 33.5. The Bertz CT molecular complexity index is 1170. The lowest BCUT2D eigenvalue weighted by atomic mass is 10.2. The number of anilines is 2. The van der Waals surface area contributed by atoms with Crippen molar-refractivity contribution in [3.8, 4) is 5.75 Å². The first-order chi connectivity index (χ1) is 14.4. The van der Waals surface area contributed by atoms with Crippen LogP contribution in [-0.4, -0.2) is 27.0 Å². The summed E-state index contributed by atoms with van der Waals surface area (Å²) in [5.41, 5.74) is 1.51. The van der Waals surface area contributed by atoms with Gasteiger partial charge in [0, 0.05) is 0 Å². The summed E-state index contributed by atoms with van der Waals surface area (Å²) >= 11 is 6.12. The maximum absolute atomic E-state index is 13.2. The van der Waals surface area contributed by atoms with Crippen molar-refractivity contribution in [2.75, 3.05) is 16.2 Å². The van der Waals surface area contributed by atoms with Crippen LogP contribution in [0.2, 0.25) is 5.02 Å². The number of ether oxygens (including phenoxy) is 1. The van der Waals surface area contributed by atoms with Gasteiger partial charge in [0.15, 0.2) is 6.10 Å². The molecule has 6 nitrogen and oxygen atoms in total. The third-order valence-corrected chi connectivity index (χ3v) is 6.73. The molecule has 1 aliphatic rings. The van der Waals surface area contributed by atoms with Gasteiger partial charge in [0.25, 0.3) is 5.91 Å². The normalized spacial score (nSPS) is 15.8. The van der Waals surface area contributed by atoms with Crippen LogP contribution < -0.4 is 14.4 Å². The number of fused-ring (bicyclic) bond motifs is 1. The summed E-state index contributed by atoms with van der Waals surface area (Å²) in [6.07, 6.45) is -1.03. The van der Waals surface area contributed by atoms with Gasteiger partial charge in [-0.1, -0.05) is 66.2 Å².